The standard InChI is InChI=1S/C13H15FO3S/c1-8-5-12(13(15)17-8)18-7-9-6-10(14)3-4-11(9)16-2/h3-4,6,8,12H,5,7H2,1-2H3/t8-,12+/m0/s1. The highest BCUT2D eigenvalue weighted by Crippen LogP contribution is 2.31. The molecule has 3 nitrogen and oxygen atoms in total. The summed E-state index contributed by atoms with van der Waals surface area (Å²) in [5.41, 5.74) is 0.759. The zero-order valence-corrected chi connectivity index (χ0v) is 11.1. The Morgan fingerprint density at radius 1 is 1.56 bits per heavy atom. The summed E-state index contributed by atoms with van der Waals surface area (Å²) in [6, 6.07) is 4.40. The Hall–Kier alpha value is -1.23. The molecule has 0 unspecified atom stereocenters. The average Bonchev–Trinajstić information content (AvgIpc) is 2.65. The molecule has 0 amide bonds. The summed E-state index contributed by atoms with van der Waals surface area (Å²) in [6.45, 7) is 1.88. The molecule has 0 saturated carbocycles. The third-order valence-electron chi connectivity index (χ3n) is 2.81. The normalized spacial score (nSPS) is 22.9. The first kappa shape index (κ1) is 13.2. The SMILES string of the molecule is COc1ccc(F)cc1CS[C@@H]1C[C@H](C)OC1=O. The molecule has 0 bridgehead atoms. The van der Waals surface area contributed by atoms with E-state index in [0.29, 0.717) is 17.9 Å². The van der Waals surface area contributed by atoms with Crippen molar-refractivity contribution in [2.45, 2.75) is 30.5 Å². The van der Waals surface area contributed by atoms with E-state index < -0.39 is 0 Å². The van der Waals surface area contributed by atoms with Crippen molar-refractivity contribution < 1.29 is 18.7 Å². The summed E-state index contributed by atoms with van der Waals surface area (Å²) in [4.78, 5) is 11.5. The molecule has 0 aromatic heterocycles. The number of benzene rings is 1. The summed E-state index contributed by atoms with van der Waals surface area (Å²) < 4.78 is 23.4. The highest BCUT2D eigenvalue weighted by molar-refractivity contribution is 7.99. The Balaban J connectivity index is 2.01. The fourth-order valence-electron chi connectivity index (χ4n) is 1.91. The maximum Gasteiger partial charge on any atom is 0.319 e. The van der Waals surface area contributed by atoms with Gasteiger partial charge in [-0.25, -0.2) is 4.39 Å². The van der Waals surface area contributed by atoms with Crippen LogP contribution >= 0.6 is 11.8 Å². The van der Waals surface area contributed by atoms with Crippen LogP contribution in [0.3, 0.4) is 0 Å². The quantitative estimate of drug-likeness (QED) is 0.788. The summed E-state index contributed by atoms with van der Waals surface area (Å²) in [5, 5.41) is -0.159. The minimum absolute atomic E-state index is 0.0237. The lowest BCUT2D eigenvalue weighted by molar-refractivity contribution is -0.140. The van der Waals surface area contributed by atoms with Crippen molar-refractivity contribution in [1.29, 1.82) is 0 Å². The van der Waals surface area contributed by atoms with E-state index in [4.69, 9.17) is 9.47 Å². The van der Waals surface area contributed by atoms with Gasteiger partial charge in [-0.05, 0) is 25.1 Å². The monoisotopic (exact) mass is 270 g/mol. The lowest BCUT2D eigenvalue weighted by atomic mass is 10.2. The molecule has 2 rings (SSSR count). The molecule has 1 aliphatic heterocycles. The van der Waals surface area contributed by atoms with Crippen LogP contribution in [-0.2, 0) is 15.3 Å². The summed E-state index contributed by atoms with van der Waals surface area (Å²) in [7, 11) is 1.55. The average molecular weight is 270 g/mol. The van der Waals surface area contributed by atoms with E-state index >= 15 is 0 Å². The van der Waals surface area contributed by atoms with Gasteiger partial charge in [0.1, 0.15) is 22.9 Å². The number of cyclic esters (lactones) is 1. The molecular weight excluding hydrogens is 255 g/mol. The van der Waals surface area contributed by atoms with Crippen molar-refractivity contribution in [1.82, 2.24) is 0 Å². The Bertz CT molecular complexity index is 450. The molecule has 0 N–H and O–H groups in total. The van der Waals surface area contributed by atoms with Gasteiger partial charge in [-0.2, -0.15) is 0 Å². The van der Waals surface area contributed by atoms with Crippen LogP contribution in [0.1, 0.15) is 18.9 Å². The van der Waals surface area contributed by atoms with Crippen LogP contribution in [0.2, 0.25) is 0 Å². The minimum atomic E-state index is -0.297. The molecule has 1 fully saturated rings. The van der Waals surface area contributed by atoms with Crippen molar-refractivity contribution in [2.75, 3.05) is 7.11 Å². The molecule has 0 radical (unpaired) electrons. The summed E-state index contributed by atoms with van der Waals surface area (Å²) in [6.07, 6.45) is 0.686. The Kier molecular flexibility index (Phi) is 4.11. The molecule has 1 aliphatic rings. The fourth-order valence-corrected chi connectivity index (χ4v) is 3.11. The summed E-state index contributed by atoms with van der Waals surface area (Å²) >= 11 is 1.47. The van der Waals surface area contributed by atoms with Crippen LogP contribution in [-0.4, -0.2) is 24.4 Å². The van der Waals surface area contributed by atoms with Gasteiger partial charge in [0.25, 0.3) is 0 Å². The van der Waals surface area contributed by atoms with Crippen LogP contribution in [0.4, 0.5) is 4.39 Å². The van der Waals surface area contributed by atoms with E-state index in [0.717, 1.165) is 5.56 Å². The maximum atomic E-state index is 13.2. The smallest absolute Gasteiger partial charge is 0.319 e. The van der Waals surface area contributed by atoms with Gasteiger partial charge in [-0.3, -0.25) is 4.79 Å². The predicted octanol–water partition coefficient (Wildman–Crippen LogP) is 2.77. The predicted molar refractivity (Wildman–Crippen MR) is 68.2 cm³/mol. The first-order valence-corrected chi connectivity index (χ1v) is 6.79. The number of thioether (sulfide) groups is 1. The molecule has 98 valence electrons. The van der Waals surface area contributed by atoms with E-state index in [-0.39, 0.29) is 23.1 Å². The number of hydrogen-bond donors (Lipinski definition) is 0. The second kappa shape index (κ2) is 5.61. The number of esters is 1. The van der Waals surface area contributed by atoms with Crippen molar-refractivity contribution in [3.05, 3.63) is 29.6 Å². The van der Waals surface area contributed by atoms with Crippen molar-refractivity contribution in [2.24, 2.45) is 0 Å². The van der Waals surface area contributed by atoms with E-state index in [1.54, 1.807) is 13.2 Å². The zero-order valence-electron chi connectivity index (χ0n) is 10.3. The van der Waals surface area contributed by atoms with Crippen LogP contribution in [0.25, 0.3) is 0 Å². The minimum Gasteiger partial charge on any atom is -0.496 e. The number of ether oxygens (including phenoxy) is 2. The van der Waals surface area contributed by atoms with Gasteiger partial charge < -0.3 is 9.47 Å². The van der Waals surface area contributed by atoms with Gasteiger partial charge in [0.05, 0.1) is 7.11 Å². The molecule has 0 spiro atoms. The first-order chi connectivity index (χ1) is 8.60. The van der Waals surface area contributed by atoms with Crippen molar-refractivity contribution in [3.8, 4) is 5.75 Å². The Morgan fingerprint density at radius 3 is 2.94 bits per heavy atom. The lowest BCUT2D eigenvalue weighted by Gasteiger charge is -2.10. The van der Waals surface area contributed by atoms with Crippen LogP contribution in [0, 0.1) is 5.82 Å². The van der Waals surface area contributed by atoms with Gasteiger partial charge in [0.15, 0.2) is 0 Å². The molecular formula is C13H15FO3S. The lowest BCUT2D eigenvalue weighted by Crippen LogP contribution is -2.09. The van der Waals surface area contributed by atoms with Crippen LogP contribution in [0.15, 0.2) is 18.2 Å². The van der Waals surface area contributed by atoms with E-state index in [1.165, 1.54) is 23.9 Å². The van der Waals surface area contributed by atoms with Gasteiger partial charge >= 0.3 is 5.97 Å². The number of halogens is 1. The molecule has 1 aromatic carbocycles. The highest BCUT2D eigenvalue weighted by Gasteiger charge is 2.32. The molecule has 1 heterocycles. The van der Waals surface area contributed by atoms with Crippen LogP contribution < -0.4 is 4.74 Å². The Morgan fingerprint density at radius 2 is 2.33 bits per heavy atom. The largest absolute Gasteiger partial charge is 0.496 e. The van der Waals surface area contributed by atoms with Crippen molar-refractivity contribution >= 4 is 17.7 Å². The highest BCUT2D eigenvalue weighted by atomic mass is 32.2. The second-order valence-corrected chi connectivity index (χ2v) is 5.43. The first-order valence-electron chi connectivity index (χ1n) is 5.74. The number of methoxy groups -OCH3 is 1. The maximum absolute atomic E-state index is 13.2. The van der Waals surface area contributed by atoms with Crippen molar-refractivity contribution in [3.63, 3.8) is 0 Å². The summed E-state index contributed by atoms with van der Waals surface area (Å²) in [5.74, 6) is 0.702. The molecule has 0 aliphatic carbocycles. The Labute approximate surface area is 110 Å². The van der Waals surface area contributed by atoms with Gasteiger partial charge in [-0.1, -0.05) is 0 Å². The third-order valence-corrected chi connectivity index (χ3v) is 4.07. The zero-order chi connectivity index (χ0) is 13.1. The number of hydrogen-bond acceptors (Lipinski definition) is 4. The van der Waals surface area contributed by atoms with Gasteiger partial charge in [-0.15, -0.1) is 11.8 Å². The van der Waals surface area contributed by atoms with E-state index in [1.807, 2.05) is 6.92 Å². The van der Waals surface area contributed by atoms with E-state index in [2.05, 4.69) is 0 Å². The van der Waals surface area contributed by atoms with Gasteiger partial charge in [0, 0.05) is 17.7 Å². The molecule has 2 atom stereocenters. The van der Waals surface area contributed by atoms with Crippen LogP contribution in [0.5, 0.6) is 5.75 Å². The van der Waals surface area contributed by atoms with E-state index in [9.17, 15) is 9.18 Å². The molecule has 5 heteroatoms. The topological polar surface area (TPSA) is 35.5 Å². The number of carbonyl (C=O) groups excluding carboxylic acids is 1. The molecule has 18 heavy (non-hydrogen) atoms. The number of rotatable bonds is 4. The molecule has 1 saturated heterocycles. The molecule has 1 aromatic rings. The second-order valence-electron chi connectivity index (χ2n) is 4.24. The fraction of sp³-hybridized carbons (Fsp3) is 0.462. The number of carbonyl (C=O) groups is 1. The third kappa shape index (κ3) is 2.96. The van der Waals surface area contributed by atoms with Gasteiger partial charge in [0.2, 0.25) is 0 Å².